The lowest BCUT2D eigenvalue weighted by Gasteiger charge is -2.11. The van der Waals surface area contributed by atoms with Crippen LogP contribution in [-0.2, 0) is 0 Å². The van der Waals surface area contributed by atoms with E-state index < -0.39 is 0 Å². The van der Waals surface area contributed by atoms with Crippen LogP contribution >= 0.6 is 0 Å². The van der Waals surface area contributed by atoms with Gasteiger partial charge in [-0.15, -0.1) is 0 Å². The van der Waals surface area contributed by atoms with Gasteiger partial charge in [0.25, 0.3) is 0 Å². The molecule has 0 aliphatic rings. The molecule has 1 aromatic carbocycles. The number of rotatable bonds is 5. The summed E-state index contributed by atoms with van der Waals surface area (Å²) in [7, 11) is 0. The Hall–Kier alpha value is -1.71. The third-order valence-electron chi connectivity index (χ3n) is 2.11. The molecular formula is C12H17NO3. The van der Waals surface area contributed by atoms with Gasteiger partial charge in [-0.3, -0.25) is 0 Å². The van der Waals surface area contributed by atoms with Crippen LogP contribution < -0.4 is 9.47 Å². The maximum absolute atomic E-state index is 8.70. The first-order valence-electron chi connectivity index (χ1n) is 5.31. The van der Waals surface area contributed by atoms with Crippen LogP contribution in [0.15, 0.2) is 23.4 Å². The molecule has 0 saturated carbocycles. The second-order valence-corrected chi connectivity index (χ2v) is 3.21. The first-order chi connectivity index (χ1) is 7.72. The van der Waals surface area contributed by atoms with Gasteiger partial charge in [-0.1, -0.05) is 5.16 Å². The van der Waals surface area contributed by atoms with E-state index in [0.717, 1.165) is 5.56 Å². The zero-order valence-corrected chi connectivity index (χ0v) is 9.86. The molecule has 0 aliphatic heterocycles. The number of hydrogen-bond donors (Lipinski definition) is 1. The summed E-state index contributed by atoms with van der Waals surface area (Å²) < 4.78 is 10.9. The first-order valence-corrected chi connectivity index (χ1v) is 5.31. The Kier molecular flexibility index (Phi) is 4.64. The number of benzene rings is 1. The molecule has 0 atom stereocenters. The molecule has 0 heterocycles. The van der Waals surface area contributed by atoms with Crippen molar-refractivity contribution in [2.75, 3.05) is 13.2 Å². The fourth-order valence-corrected chi connectivity index (χ4v) is 1.33. The Labute approximate surface area is 95.5 Å². The Balaban J connectivity index is 3.06. The fraction of sp³-hybridized carbons (Fsp3) is 0.417. The van der Waals surface area contributed by atoms with Crippen molar-refractivity contribution >= 4 is 5.71 Å². The Morgan fingerprint density at radius 1 is 1.19 bits per heavy atom. The van der Waals surface area contributed by atoms with Crippen LogP contribution in [0.4, 0.5) is 0 Å². The molecule has 16 heavy (non-hydrogen) atoms. The van der Waals surface area contributed by atoms with Crippen LogP contribution in [0.1, 0.15) is 26.3 Å². The second kappa shape index (κ2) is 6.00. The van der Waals surface area contributed by atoms with E-state index in [1.54, 1.807) is 6.92 Å². The Morgan fingerprint density at radius 3 is 2.38 bits per heavy atom. The van der Waals surface area contributed by atoms with E-state index in [-0.39, 0.29) is 0 Å². The molecule has 0 amide bonds. The number of hydrogen-bond acceptors (Lipinski definition) is 4. The average molecular weight is 223 g/mol. The van der Waals surface area contributed by atoms with Gasteiger partial charge in [0, 0.05) is 5.56 Å². The third kappa shape index (κ3) is 2.89. The standard InChI is InChI=1S/C12H17NO3/c1-4-15-11-7-6-10(9(3)13-14)8-12(11)16-5-2/h6-8,14H,4-5H2,1-3H3. The molecule has 0 unspecified atom stereocenters. The fourth-order valence-electron chi connectivity index (χ4n) is 1.33. The minimum atomic E-state index is 0.545. The summed E-state index contributed by atoms with van der Waals surface area (Å²) in [5, 5.41) is 11.9. The molecule has 88 valence electrons. The largest absolute Gasteiger partial charge is 0.490 e. The number of nitrogens with zero attached hydrogens (tertiary/aromatic N) is 1. The summed E-state index contributed by atoms with van der Waals surface area (Å²) in [6.07, 6.45) is 0. The molecule has 0 fully saturated rings. The quantitative estimate of drug-likeness (QED) is 0.474. The van der Waals surface area contributed by atoms with E-state index in [1.165, 1.54) is 0 Å². The second-order valence-electron chi connectivity index (χ2n) is 3.21. The van der Waals surface area contributed by atoms with Gasteiger partial charge in [-0.25, -0.2) is 0 Å². The van der Waals surface area contributed by atoms with E-state index in [0.29, 0.717) is 30.4 Å². The van der Waals surface area contributed by atoms with Crippen molar-refractivity contribution in [3.8, 4) is 11.5 Å². The molecule has 0 aliphatic carbocycles. The normalized spacial score (nSPS) is 11.3. The van der Waals surface area contributed by atoms with Gasteiger partial charge in [0.05, 0.1) is 18.9 Å². The Bertz CT molecular complexity index is 375. The first kappa shape index (κ1) is 12.4. The summed E-state index contributed by atoms with van der Waals surface area (Å²) in [4.78, 5) is 0. The molecule has 0 spiro atoms. The summed E-state index contributed by atoms with van der Waals surface area (Å²) in [5.41, 5.74) is 1.36. The van der Waals surface area contributed by atoms with Crippen molar-refractivity contribution < 1.29 is 14.7 Å². The predicted octanol–water partition coefficient (Wildman–Crippen LogP) is 2.68. The van der Waals surface area contributed by atoms with Gasteiger partial charge < -0.3 is 14.7 Å². The molecule has 0 aromatic heterocycles. The van der Waals surface area contributed by atoms with Gasteiger partial charge in [0.2, 0.25) is 0 Å². The summed E-state index contributed by atoms with van der Waals surface area (Å²) in [6.45, 7) is 6.72. The molecule has 0 saturated heterocycles. The van der Waals surface area contributed by atoms with Gasteiger partial charge in [0.15, 0.2) is 11.5 Å². The lowest BCUT2D eigenvalue weighted by Crippen LogP contribution is -2.01. The lowest BCUT2D eigenvalue weighted by molar-refractivity contribution is 0.287. The average Bonchev–Trinajstić information content (AvgIpc) is 2.31. The summed E-state index contributed by atoms with van der Waals surface area (Å²) in [6, 6.07) is 5.46. The van der Waals surface area contributed by atoms with Crippen molar-refractivity contribution in [2.45, 2.75) is 20.8 Å². The maximum Gasteiger partial charge on any atom is 0.161 e. The van der Waals surface area contributed by atoms with Gasteiger partial charge >= 0.3 is 0 Å². The topological polar surface area (TPSA) is 51.0 Å². The monoisotopic (exact) mass is 223 g/mol. The zero-order chi connectivity index (χ0) is 12.0. The molecule has 4 nitrogen and oxygen atoms in total. The smallest absolute Gasteiger partial charge is 0.161 e. The van der Waals surface area contributed by atoms with E-state index in [2.05, 4.69) is 5.16 Å². The zero-order valence-electron chi connectivity index (χ0n) is 9.86. The van der Waals surface area contributed by atoms with Crippen molar-refractivity contribution in [1.82, 2.24) is 0 Å². The highest BCUT2D eigenvalue weighted by atomic mass is 16.5. The molecule has 0 radical (unpaired) electrons. The third-order valence-corrected chi connectivity index (χ3v) is 2.11. The highest BCUT2D eigenvalue weighted by Crippen LogP contribution is 2.28. The SMILES string of the molecule is CCOc1ccc(C(C)=NO)cc1OCC. The van der Waals surface area contributed by atoms with Crippen molar-refractivity contribution in [3.05, 3.63) is 23.8 Å². The van der Waals surface area contributed by atoms with Crippen LogP contribution in [0.2, 0.25) is 0 Å². The van der Waals surface area contributed by atoms with E-state index >= 15 is 0 Å². The van der Waals surface area contributed by atoms with Crippen LogP contribution in [0.25, 0.3) is 0 Å². The molecular weight excluding hydrogens is 206 g/mol. The van der Waals surface area contributed by atoms with Crippen LogP contribution in [-0.4, -0.2) is 24.1 Å². The van der Waals surface area contributed by atoms with Crippen LogP contribution in [0.3, 0.4) is 0 Å². The number of oxime groups is 1. The predicted molar refractivity (Wildman–Crippen MR) is 62.8 cm³/mol. The van der Waals surface area contributed by atoms with E-state index in [1.807, 2.05) is 32.0 Å². The Morgan fingerprint density at radius 2 is 1.81 bits per heavy atom. The van der Waals surface area contributed by atoms with Gasteiger partial charge in [-0.2, -0.15) is 0 Å². The number of ether oxygens (including phenoxy) is 2. The molecule has 1 rings (SSSR count). The maximum atomic E-state index is 8.70. The lowest BCUT2D eigenvalue weighted by atomic mass is 10.1. The van der Waals surface area contributed by atoms with Crippen LogP contribution in [0.5, 0.6) is 11.5 Å². The summed E-state index contributed by atoms with van der Waals surface area (Å²) in [5.74, 6) is 1.38. The van der Waals surface area contributed by atoms with Gasteiger partial charge in [-0.05, 0) is 39.0 Å². The van der Waals surface area contributed by atoms with Crippen molar-refractivity contribution in [2.24, 2.45) is 5.16 Å². The molecule has 4 heteroatoms. The molecule has 0 bridgehead atoms. The van der Waals surface area contributed by atoms with Crippen molar-refractivity contribution in [3.63, 3.8) is 0 Å². The van der Waals surface area contributed by atoms with E-state index in [9.17, 15) is 0 Å². The highest BCUT2D eigenvalue weighted by molar-refractivity contribution is 5.98. The van der Waals surface area contributed by atoms with Gasteiger partial charge in [0.1, 0.15) is 0 Å². The van der Waals surface area contributed by atoms with E-state index in [4.69, 9.17) is 14.7 Å². The highest BCUT2D eigenvalue weighted by Gasteiger charge is 2.07. The minimum absolute atomic E-state index is 0.545. The van der Waals surface area contributed by atoms with Crippen LogP contribution in [0, 0.1) is 0 Å². The molecule has 1 N–H and O–H groups in total. The van der Waals surface area contributed by atoms with Crippen molar-refractivity contribution in [1.29, 1.82) is 0 Å². The summed E-state index contributed by atoms with van der Waals surface area (Å²) >= 11 is 0. The molecule has 1 aromatic rings. The minimum Gasteiger partial charge on any atom is -0.490 e.